The number of aromatic amines is 1. The lowest BCUT2D eigenvalue weighted by molar-refractivity contribution is 0.414. The third-order valence-electron chi connectivity index (χ3n) is 4.69. The van der Waals surface area contributed by atoms with Crippen LogP contribution in [0.3, 0.4) is 0 Å². The van der Waals surface area contributed by atoms with Crippen LogP contribution in [0, 0.1) is 0 Å². The number of ether oxygens (including phenoxy) is 1. The van der Waals surface area contributed by atoms with Crippen LogP contribution in [0.15, 0.2) is 71.9 Å². The predicted molar refractivity (Wildman–Crippen MR) is 110 cm³/mol. The first-order chi connectivity index (χ1) is 13.5. The van der Waals surface area contributed by atoms with Gasteiger partial charge < -0.3 is 15.0 Å². The van der Waals surface area contributed by atoms with E-state index in [4.69, 9.17) is 4.74 Å². The van der Waals surface area contributed by atoms with Crippen LogP contribution in [-0.2, 0) is 16.6 Å². The van der Waals surface area contributed by atoms with Crippen LogP contribution in [0.4, 0.5) is 0 Å². The van der Waals surface area contributed by atoms with Crippen molar-refractivity contribution in [1.82, 2.24) is 14.3 Å². The largest absolute Gasteiger partial charge is 0.497 e. The van der Waals surface area contributed by atoms with E-state index in [1.54, 1.807) is 37.6 Å². The van der Waals surface area contributed by atoms with E-state index in [0.717, 1.165) is 22.0 Å². The summed E-state index contributed by atoms with van der Waals surface area (Å²) in [6.45, 7) is 0.574. The maximum atomic E-state index is 13.4. The number of fused-ring (bicyclic) bond motifs is 1. The number of hydrogen-bond acceptors (Lipinski definition) is 4. The van der Waals surface area contributed by atoms with Gasteiger partial charge in [0.05, 0.1) is 17.7 Å². The molecule has 0 saturated heterocycles. The Morgan fingerprint density at radius 2 is 1.86 bits per heavy atom. The standard InChI is InChI=1S/C21H21N3O3S/c1-22-13-15-11-21(17-3-8-20-16(12-17)9-10-23-20)24(14-15)28(25,26)19-6-4-18(27-2)5-7-19/h3-12,14,22-23H,13H2,1-2H3. The van der Waals surface area contributed by atoms with Gasteiger partial charge in [0, 0.05) is 29.8 Å². The van der Waals surface area contributed by atoms with Crippen molar-refractivity contribution in [2.24, 2.45) is 0 Å². The average Bonchev–Trinajstić information content (AvgIpc) is 3.35. The molecule has 0 amide bonds. The molecule has 0 aliphatic heterocycles. The summed E-state index contributed by atoms with van der Waals surface area (Å²) in [5.74, 6) is 0.612. The molecule has 0 aliphatic carbocycles. The fraction of sp³-hybridized carbons (Fsp3) is 0.143. The number of benzene rings is 2. The molecule has 2 aromatic carbocycles. The molecule has 0 spiro atoms. The molecule has 2 N–H and O–H groups in total. The van der Waals surface area contributed by atoms with Gasteiger partial charge >= 0.3 is 0 Å². The Morgan fingerprint density at radius 3 is 2.57 bits per heavy atom. The molecule has 4 rings (SSSR count). The van der Waals surface area contributed by atoms with Gasteiger partial charge in [0.2, 0.25) is 0 Å². The molecule has 0 bridgehead atoms. The van der Waals surface area contributed by atoms with Crippen molar-refractivity contribution < 1.29 is 13.2 Å². The highest BCUT2D eigenvalue weighted by Gasteiger charge is 2.22. The first kappa shape index (κ1) is 18.3. The minimum absolute atomic E-state index is 0.212. The molecule has 28 heavy (non-hydrogen) atoms. The van der Waals surface area contributed by atoms with E-state index in [0.29, 0.717) is 18.0 Å². The van der Waals surface area contributed by atoms with Crippen LogP contribution in [0.2, 0.25) is 0 Å². The lowest BCUT2D eigenvalue weighted by Gasteiger charge is -2.11. The van der Waals surface area contributed by atoms with Gasteiger partial charge in [-0.25, -0.2) is 12.4 Å². The lowest BCUT2D eigenvalue weighted by Crippen LogP contribution is -2.13. The third kappa shape index (κ3) is 3.19. The van der Waals surface area contributed by atoms with Gasteiger partial charge in [0.1, 0.15) is 5.75 Å². The Labute approximate surface area is 163 Å². The Kier molecular flexibility index (Phi) is 4.70. The number of aromatic nitrogens is 2. The first-order valence-corrected chi connectivity index (χ1v) is 10.3. The van der Waals surface area contributed by atoms with Crippen LogP contribution < -0.4 is 10.1 Å². The minimum atomic E-state index is -3.75. The van der Waals surface area contributed by atoms with Crippen molar-refractivity contribution in [3.63, 3.8) is 0 Å². The quantitative estimate of drug-likeness (QED) is 0.523. The maximum Gasteiger partial charge on any atom is 0.268 e. The summed E-state index contributed by atoms with van der Waals surface area (Å²) in [5.41, 5.74) is 3.37. The Morgan fingerprint density at radius 1 is 1.07 bits per heavy atom. The van der Waals surface area contributed by atoms with Crippen LogP contribution in [0.5, 0.6) is 5.75 Å². The van der Waals surface area contributed by atoms with E-state index in [2.05, 4.69) is 10.3 Å². The van der Waals surface area contributed by atoms with E-state index >= 15 is 0 Å². The number of hydrogen-bond donors (Lipinski definition) is 2. The van der Waals surface area contributed by atoms with Gasteiger partial charge in [-0.2, -0.15) is 0 Å². The van der Waals surface area contributed by atoms with Crippen molar-refractivity contribution in [3.8, 4) is 17.0 Å². The summed E-state index contributed by atoms with van der Waals surface area (Å²) in [4.78, 5) is 3.37. The molecule has 0 radical (unpaired) electrons. The number of nitrogens with one attached hydrogen (secondary N) is 2. The average molecular weight is 395 g/mol. The molecule has 0 atom stereocenters. The van der Waals surface area contributed by atoms with Gasteiger partial charge in [-0.15, -0.1) is 0 Å². The summed E-state index contributed by atoms with van der Waals surface area (Å²) in [7, 11) is -0.370. The zero-order valence-corrected chi connectivity index (χ0v) is 16.5. The highest BCUT2D eigenvalue weighted by atomic mass is 32.2. The monoisotopic (exact) mass is 395 g/mol. The number of methoxy groups -OCH3 is 1. The zero-order chi connectivity index (χ0) is 19.7. The van der Waals surface area contributed by atoms with Gasteiger partial charge in [-0.1, -0.05) is 6.07 Å². The first-order valence-electron chi connectivity index (χ1n) is 8.86. The smallest absolute Gasteiger partial charge is 0.268 e. The summed E-state index contributed by atoms with van der Waals surface area (Å²) >= 11 is 0. The molecule has 7 heteroatoms. The number of rotatable bonds is 6. The molecule has 0 aliphatic rings. The second-order valence-electron chi connectivity index (χ2n) is 6.52. The Bertz CT molecular complexity index is 1220. The van der Waals surface area contributed by atoms with E-state index in [1.807, 2.05) is 43.6 Å². The summed E-state index contributed by atoms with van der Waals surface area (Å²) in [5, 5.41) is 4.11. The van der Waals surface area contributed by atoms with Crippen LogP contribution >= 0.6 is 0 Å². The van der Waals surface area contributed by atoms with Gasteiger partial charge in [-0.3, -0.25) is 0 Å². The van der Waals surface area contributed by atoms with E-state index in [1.165, 1.54) is 3.97 Å². The topological polar surface area (TPSA) is 76.1 Å². The molecule has 0 unspecified atom stereocenters. The highest BCUT2D eigenvalue weighted by molar-refractivity contribution is 7.90. The highest BCUT2D eigenvalue weighted by Crippen LogP contribution is 2.30. The van der Waals surface area contributed by atoms with E-state index in [-0.39, 0.29) is 4.90 Å². The van der Waals surface area contributed by atoms with E-state index < -0.39 is 10.0 Å². The Hall–Kier alpha value is -3.03. The fourth-order valence-corrected chi connectivity index (χ4v) is 4.68. The molecule has 144 valence electrons. The van der Waals surface area contributed by atoms with Crippen molar-refractivity contribution in [3.05, 3.63) is 72.6 Å². The van der Waals surface area contributed by atoms with Gasteiger partial charge in [0.15, 0.2) is 0 Å². The molecule has 2 heterocycles. The Balaban J connectivity index is 1.87. The zero-order valence-electron chi connectivity index (χ0n) is 15.6. The van der Waals surface area contributed by atoms with Crippen molar-refractivity contribution >= 4 is 20.9 Å². The molecule has 2 aromatic heterocycles. The second kappa shape index (κ2) is 7.18. The maximum absolute atomic E-state index is 13.4. The molecule has 6 nitrogen and oxygen atoms in total. The molecule has 0 saturated carbocycles. The molecular formula is C21H21N3O3S. The minimum Gasteiger partial charge on any atom is -0.497 e. The van der Waals surface area contributed by atoms with Crippen LogP contribution in [0.25, 0.3) is 22.2 Å². The summed E-state index contributed by atoms with van der Waals surface area (Å²) in [6, 6.07) is 16.2. The van der Waals surface area contributed by atoms with Crippen molar-refractivity contribution in [1.29, 1.82) is 0 Å². The fourth-order valence-electron chi connectivity index (χ4n) is 3.28. The molecular weight excluding hydrogens is 374 g/mol. The van der Waals surface area contributed by atoms with E-state index in [9.17, 15) is 8.42 Å². The normalized spacial score (nSPS) is 11.8. The predicted octanol–water partition coefficient (Wildman–Crippen LogP) is 3.60. The van der Waals surface area contributed by atoms with Crippen LogP contribution in [-0.4, -0.2) is 31.5 Å². The van der Waals surface area contributed by atoms with Crippen molar-refractivity contribution in [2.75, 3.05) is 14.2 Å². The third-order valence-corrected chi connectivity index (χ3v) is 6.38. The summed E-state index contributed by atoms with van der Waals surface area (Å²) in [6.07, 6.45) is 3.54. The van der Waals surface area contributed by atoms with Gasteiger partial charge in [-0.05, 0) is 66.7 Å². The second-order valence-corrected chi connectivity index (χ2v) is 8.33. The SMILES string of the molecule is CNCc1cc(-c2ccc3[nH]ccc3c2)n(S(=O)(=O)c2ccc(OC)cc2)c1. The molecule has 0 fully saturated rings. The number of H-pyrrole nitrogens is 1. The number of nitrogens with zero attached hydrogens (tertiary/aromatic N) is 1. The molecule has 4 aromatic rings. The lowest BCUT2D eigenvalue weighted by atomic mass is 10.1. The summed E-state index contributed by atoms with van der Waals surface area (Å²) < 4.78 is 33.2. The van der Waals surface area contributed by atoms with Crippen molar-refractivity contribution in [2.45, 2.75) is 11.4 Å². The van der Waals surface area contributed by atoms with Gasteiger partial charge in [0.25, 0.3) is 10.0 Å². The van der Waals surface area contributed by atoms with Crippen LogP contribution in [0.1, 0.15) is 5.56 Å².